The van der Waals surface area contributed by atoms with Crippen LogP contribution < -0.4 is 10.6 Å². The maximum absolute atomic E-state index is 13.2. The van der Waals surface area contributed by atoms with E-state index in [2.05, 4.69) is 34.3 Å². The third kappa shape index (κ3) is 6.18. The Morgan fingerprint density at radius 2 is 1.90 bits per heavy atom. The molecule has 4 fully saturated rings. The monoisotopic (exact) mass is 420 g/mol. The molecule has 0 aromatic carbocycles. The van der Waals surface area contributed by atoms with Crippen molar-refractivity contribution >= 4 is 5.91 Å². The molecule has 30 heavy (non-hydrogen) atoms. The second-order valence-corrected chi connectivity index (χ2v) is 10.6. The van der Waals surface area contributed by atoms with Gasteiger partial charge in [0.05, 0.1) is 12.7 Å². The van der Waals surface area contributed by atoms with Gasteiger partial charge in [0.1, 0.15) is 0 Å². The summed E-state index contributed by atoms with van der Waals surface area (Å²) in [4.78, 5) is 17.9. The predicted octanol–water partition coefficient (Wildman–Crippen LogP) is 2.09. The summed E-state index contributed by atoms with van der Waals surface area (Å²) >= 11 is 0. The Kier molecular flexibility index (Phi) is 8.07. The van der Waals surface area contributed by atoms with E-state index >= 15 is 0 Å². The van der Waals surface area contributed by atoms with Gasteiger partial charge in [0.15, 0.2) is 0 Å². The topological polar surface area (TPSA) is 56.8 Å². The molecule has 2 N–H and O–H groups in total. The Balaban J connectivity index is 1.20. The third-order valence-electron chi connectivity index (χ3n) is 7.82. The van der Waals surface area contributed by atoms with E-state index in [4.69, 9.17) is 4.74 Å². The Bertz CT molecular complexity index is 551. The number of nitrogens with one attached hydrogen (secondary N) is 2. The highest BCUT2D eigenvalue weighted by atomic mass is 16.5. The van der Waals surface area contributed by atoms with Gasteiger partial charge < -0.3 is 25.2 Å². The quantitative estimate of drug-likeness (QED) is 0.713. The van der Waals surface area contributed by atoms with Crippen LogP contribution in [0.15, 0.2) is 0 Å². The fraction of sp³-hybridized carbons (Fsp3) is 0.958. The normalized spacial score (nSPS) is 37.3. The van der Waals surface area contributed by atoms with Crippen LogP contribution >= 0.6 is 0 Å². The van der Waals surface area contributed by atoms with Crippen molar-refractivity contribution in [1.82, 2.24) is 20.4 Å². The van der Waals surface area contributed by atoms with Crippen molar-refractivity contribution < 1.29 is 9.53 Å². The number of morpholine rings is 1. The van der Waals surface area contributed by atoms with Gasteiger partial charge in [-0.15, -0.1) is 0 Å². The summed E-state index contributed by atoms with van der Waals surface area (Å²) in [5, 5.41) is 7.29. The maximum Gasteiger partial charge on any atom is 0.225 e. The van der Waals surface area contributed by atoms with Crippen LogP contribution in [0.25, 0.3) is 0 Å². The largest absolute Gasteiger partial charge is 0.374 e. The van der Waals surface area contributed by atoms with Gasteiger partial charge in [-0.05, 0) is 83.5 Å². The first kappa shape index (κ1) is 22.5. The standard InChI is InChI=1S/C24H44N4O2/c1-18-12-20(15-25-14-18)16-27-8-6-21(7-9-27)24(29)28-10-11-30-23(17-28)13-22-5-3-4-19(2)26-22/h18-23,25-26H,3-17H2,1-2H3. The van der Waals surface area contributed by atoms with Crippen molar-refractivity contribution in [3.8, 4) is 0 Å². The Morgan fingerprint density at radius 1 is 1.07 bits per heavy atom. The van der Waals surface area contributed by atoms with Crippen LogP contribution in [0.2, 0.25) is 0 Å². The minimum Gasteiger partial charge on any atom is -0.374 e. The van der Waals surface area contributed by atoms with E-state index in [0.29, 0.717) is 24.6 Å². The summed E-state index contributed by atoms with van der Waals surface area (Å²) in [7, 11) is 0. The average molecular weight is 421 g/mol. The van der Waals surface area contributed by atoms with E-state index in [-0.39, 0.29) is 12.0 Å². The van der Waals surface area contributed by atoms with Gasteiger partial charge in [-0.2, -0.15) is 0 Å². The second-order valence-electron chi connectivity index (χ2n) is 10.6. The SMILES string of the molecule is CC1CNCC(CN2CCC(C(=O)N3CCOC(CC4CCCC(C)N4)C3)CC2)C1. The van der Waals surface area contributed by atoms with Gasteiger partial charge in [0.2, 0.25) is 5.91 Å². The highest BCUT2D eigenvalue weighted by Crippen LogP contribution is 2.25. The number of carbonyl (C=O) groups excluding carboxylic acids is 1. The molecule has 0 radical (unpaired) electrons. The van der Waals surface area contributed by atoms with E-state index in [9.17, 15) is 4.79 Å². The molecule has 0 aromatic rings. The number of piperidine rings is 3. The molecule has 0 bridgehead atoms. The molecule has 4 aliphatic rings. The molecule has 4 heterocycles. The molecule has 4 rings (SSSR count). The molecule has 4 aliphatic heterocycles. The lowest BCUT2D eigenvalue weighted by Gasteiger charge is -2.40. The molecule has 0 aromatic heterocycles. The molecule has 0 saturated carbocycles. The lowest BCUT2D eigenvalue weighted by atomic mass is 9.89. The Morgan fingerprint density at radius 3 is 2.67 bits per heavy atom. The number of likely N-dealkylation sites (tertiary alicyclic amines) is 1. The minimum absolute atomic E-state index is 0.200. The van der Waals surface area contributed by atoms with E-state index < -0.39 is 0 Å². The van der Waals surface area contributed by atoms with Crippen molar-refractivity contribution in [2.75, 3.05) is 52.4 Å². The molecule has 5 unspecified atom stereocenters. The first-order valence-electron chi connectivity index (χ1n) is 12.7. The molecular weight excluding hydrogens is 376 g/mol. The highest BCUT2D eigenvalue weighted by molar-refractivity contribution is 5.79. The van der Waals surface area contributed by atoms with Crippen LogP contribution in [0.1, 0.15) is 58.8 Å². The average Bonchev–Trinajstić information content (AvgIpc) is 2.74. The molecule has 1 amide bonds. The molecule has 0 spiro atoms. The molecular formula is C24H44N4O2. The van der Waals surface area contributed by atoms with Crippen molar-refractivity contribution in [3.63, 3.8) is 0 Å². The molecule has 6 nitrogen and oxygen atoms in total. The zero-order valence-electron chi connectivity index (χ0n) is 19.3. The fourth-order valence-electron chi connectivity index (χ4n) is 6.20. The molecule has 172 valence electrons. The molecule has 0 aliphatic carbocycles. The first-order chi connectivity index (χ1) is 14.6. The van der Waals surface area contributed by atoms with Gasteiger partial charge >= 0.3 is 0 Å². The van der Waals surface area contributed by atoms with Crippen molar-refractivity contribution in [2.45, 2.75) is 77.0 Å². The van der Waals surface area contributed by atoms with Gasteiger partial charge in [-0.1, -0.05) is 13.3 Å². The lowest BCUT2D eigenvalue weighted by Crippen LogP contribution is -2.52. The van der Waals surface area contributed by atoms with Crippen LogP contribution in [0, 0.1) is 17.8 Å². The summed E-state index contributed by atoms with van der Waals surface area (Å²) in [6.07, 6.45) is 8.47. The number of amides is 1. The van der Waals surface area contributed by atoms with Crippen LogP contribution in [0.3, 0.4) is 0 Å². The van der Waals surface area contributed by atoms with Gasteiger partial charge in [0, 0.05) is 37.6 Å². The van der Waals surface area contributed by atoms with Crippen molar-refractivity contribution in [3.05, 3.63) is 0 Å². The minimum atomic E-state index is 0.200. The molecule has 6 heteroatoms. The smallest absolute Gasteiger partial charge is 0.225 e. The van der Waals surface area contributed by atoms with E-state index in [1.54, 1.807) is 0 Å². The van der Waals surface area contributed by atoms with E-state index in [0.717, 1.165) is 63.8 Å². The Hall–Kier alpha value is -0.690. The van der Waals surface area contributed by atoms with Gasteiger partial charge in [-0.25, -0.2) is 0 Å². The molecule has 4 saturated heterocycles. The fourth-order valence-corrected chi connectivity index (χ4v) is 6.20. The predicted molar refractivity (Wildman–Crippen MR) is 120 cm³/mol. The third-order valence-corrected chi connectivity index (χ3v) is 7.82. The number of ether oxygens (including phenoxy) is 1. The maximum atomic E-state index is 13.2. The van der Waals surface area contributed by atoms with E-state index in [1.807, 2.05) is 0 Å². The van der Waals surface area contributed by atoms with Crippen molar-refractivity contribution in [1.29, 1.82) is 0 Å². The zero-order chi connectivity index (χ0) is 20.9. The highest BCUT2D eigenvalue weighted by Gasteiger charge is 2.33. The van der Waals surface area contributed by atoms with Crippen LogP contribution in [-0.2, 0) is 9.53 Å². The first-order valence-corrected chi connectivity index (χ1v) is 12.7. The van der Waals surface area contributed by atoms with Gasteiger partial charge in [-0.3, -0.25) is 4.79 Å². The number of carbonyl (C=O) groups is 1. The molecule has 5 atom stereocenters. The summed E-state index contributed by atoms with van der Waals surface area (Å²) in [6.45, 7) is 12.6. The summed E-state index contributed by atoms with van der Waals surface area (Å²) in [5.74, 6) is 2.18. The van der Waals surface area contributed by atoms with Crippen molar-refractivity contribution in [2.24, 2.45) is 17.8 Å². The van der Waals surface area contributed by atoms with Crippen LogP contribution in [0.4, 0.5) is 0 Å². The van der Waals surface area contributed by atoms with Gasteiger partial charge in [0.25, 0.3) is 0 Å². The van der Waals surface area contributed by atoms with Crippen LogP contribution in [0.5, 0.6) is 0 Å². The second kappa shape index (κ2) is 10.8. The zero-order valence-corrected chi connectivity index (χ0v) is 19.3. The number of hydrogen-bond donors (Lipinski definition) is 2. The summed E-state index contributed by atoms with van der Waals surface area (Å²) in [6, 6.07) is 1.16. The number of rotatable bonds is 5. The van der Waals surface area contributed by atoms with E-state index in [1.165, 1.54) is 38.8 Å². The van der Waals surface area contributed by atoms with Crippen LogP contribution in [-0.4, -0.2) is 86.3 Å². The Labute approximate surface area is 183 Å². The number of hydrogen-bond acceptors (Lipinski definition) is 5. The summed E-state index contributed by atoms with van der Waals surface area (Å²) < 4.78 is 6.05. The lowest BCUT2D eigenvalue weighted by molar-refractivity contribution is -0.145. The number of nitrogens with zero attached hydrogens (tertiary/aromatic N) is 2. The summed E-state index contributed by atoms with van der Waals surface area (Å²) in [5.41, 5.74) is 0.